The second kappa shape index (κ2) is 9.26. The molecule has 176 valence electrons. The van der Waals surface area contributed by atoms with Crippen LogP contribution in [0.25, 0.3) is 10.9 Å². The van der Waals surface area contributed by atoms with E-state index in [2.05, 4.69) is 25.7 Å². The van der Waals surface area contributed by atoms with Crippen molar-refractivity contribution in [3.8, 4) is 5.75 Å². The van der Waals surface area contributed by atoms with Gasteiger partial charge in [0.15, 0.2) is 5.78 Å². The van der Waals surface area contributed by atoms with Crippen molar-refractivity contribution in [2.24, 2.45) is 7.05 Å². The number of ketones is 1. The predicted molar refractivity (Wildman–Crippen MR) is 134 cm³/mol. The van der Waals surface area contributed by atoms with E-state index >= 15 is 0 Å². The summed E-state index contributed by atoms with van der Waals surface area (Å²) in [5, 5.41) is 11.7. The van der Waals surface area contributed by atoms with Crippen molar-refractivity contribution in [2.75, 3.05) is 28.7 Å². The largest absolute Gasteiger partial charge is 0.490 e. The second-order valence-corrected chi connectivity index (χ2v) is 8.01. The molecule has 0 atom stereocenters. The maximum absolute atomic E-state index is 12.3. The third kappa shape index (κ3) is 4.54. The molecular weight excluding hydrogens is 446 g/mol. The van der Waals surface area contributed by atoms with E-state index in [9.17, 15) is 9.59 Å². The van der Waals surface area contributed by atoms with Crippen LogP contribution in [0, 0.1) is 0 Å². The van der Waals surface area contributed by atoms with Gasteiger partial charge in [0.25, 0.3) is 0 Å². The average molecular weight is 470 g/mol. The van der Waals surface area contributed by atoms with Gasteiger partial charge in [-0.3, -0.25) is 14.3 Å². The molecule has 2 aromatic heterocycles. The SMILES string of the molecule is CC(=O)c1cnc(Nc2ccc3cnn(C)c3c2)nc1Nc1ccc2c(c1)N(C=CC=O)CCO2. The number of aldehydes is 1. The van der Waals surface area contributed by atoms with E-state index in [1.165, 1.54) is 19.2 Å². The molecule has 0 fully saturated rings. The lowest BCUT2D eigenvalue weighted by Crippen LogP contribution is -2.28. The molecule has 1 aliphatic heterocycles. The fourth-order valence-corrected chi connectivity index (χ4v) is 3.89. The Kier molecular flexibility index (Phi) is 5.84. The van der Waals surface area contributed by atoms with Gasteiger partial charge in [0.1, 0.15) is 24.5 Å². The fraction of sp³-hybridized carbons (Fsp3) is 0.160. The van der Waals surface area contributed by atoms with E-state index < -0.39 is 0 Å². The van der Waals surface area contributed by atoms with E-state index in [1.54, 1.807) is 17.1 Å². The van der Waals surface area contributed by atoms with Crippen molar-refractivity contribution >= 4 is 51.8 Å². The van der Waals surface area contributed by atoms with Crippen LogP contribution in [0.5, 0.6) is 5.75 Å². The molecule has 0 bridgehead atoms. The standard InChI is InChI=1S/C25H23N7O3/c1-16(34)20-15-26-25(29-19-5-4-17-14-27-31(2)21(17)12-19)30-24(20)28-18-6-7-23-22(13-18)32(8-3-10-33)9-11-35-23/h3-8,10,12-15H,9,11H2,1-2H3,(H2,26,28,29,30). The molecule has 0 unspecified atom stereocenters. The van der Waals surface area contributed by atoms with Crippen molar-refractivity contribution in [1.82, 2.24) is 19.7 Å². The first-order valence-electron chi connectivity index (χ1n) is 11.0. The molecule has 35 heavy (non-hydrogen) atoms. The van der Waals surface area contributed by atoms with Crippen LogP contribution in [0.15, 0.2) is 61.1 Å². The number of carbonyl (C=O) groups is 2. The zero-order chi connectivity index (χ0) is 24.4. The Labute approximate surface area is 201 Å². The number of nitrogens with one attached hydrogen (secondary N) is 2. The van der Waals surface area contributed by atoms with Crippen molar-refractivity contribution in [3.63, 3.8) is 0 Å². The summed E-state index contributed by atoms with van der Waals surface area (Å²) in [5.74, 6) is 1.27. The fourth-order valence-electron chi connectivity index (χ4n) is 3.89. The molecule has 2 N–H and O–H groups in total. The lowest BCUT2D eigenvalue weighted by molar-refractivity contribution is -0.104. The molecule has 1 aliphatic rings. The van der Waals surface area contributed by atoms with Crippen LogP contribution in [-0.4, -0.2) is 45.0 Å². The number of ether oxygens (including phenoxy) is 1. The summed E-state index contributed by atoms with van der Waals surface area (Å²) >= 11 is 0. The van der Waals surface area contributed by atoms with E-state index in [-0.39, 0.29) is 5.78 Å². The molecule has 4 aromatic rings. The minimum Gasteiger partial charge on any atom is -0.490 e. The van der Waals surface area contributed by atoms with Crippen LogP contribution in [0.4, 0.5) is 28.8 Å². The molecule has 0 saturated heterocycles. The van der Waals surface area contributed by atoms with Crippen LogP contribution in [-0.2, 0) is 11.8 Å². The van der Waals surface area contributed by atoms with Crippen molar-refractivity contribution in [2.45, 2.75) is 6.92 Å². The van der Waals surface area contributed by atoms with Crippen LogP contribution in [0.3, 0.4) is 0 Å². The number of benzene rings is 2. The molecule has 3 heterocycles. The smallest absolute Gasteiger partial charge is 0.229 e. The maximum atomic E-state index is 12.3. The molecular formula is C25H23N7O3. The summed E-state index contributed by atoms with van der Waals surface area (Å²) in [6, 6.07) is 11.4. The maximum Gasteiger partial charge on any atom is 0.229 e. The van der Waals surface area contributed by atoms with Gasteiger partial charge >= 0.3 is 0 Å². The summed E-state index contributed by atoms with van der Waals surface area (Å²) < 4.78 is 7.52. The number of hydrogen-bond acceptors (Lipinski definition) is 9. The molecule has 0 radical (unpaired) electrons. The summed E-state index contributed by atoms with van der Waals surface area (Å²) in [4.78, 5) is 33.9. The van der Waals surface area contributed by atoms with Crippen molar-refractivity contribution in [1.29, 1.82) is 0 Å². The number of hydrogen-bond donors (Lipinski definition) is 2. The molecule has 10 nitrogen and oxygen atoms in total. The van der Waals surface area contributed by atoms with Crippen LogP contribution >= 0.6 is 0 Å². The Balaban J connectivity index is 1.45. The number of rotatable bonds is 7. The predicted octanol–water partition coefficient (Wildman–Crippen LogP) is 3.96. The molecule has 0 aliphatic carbocycles. The van der Waals surface area contributed by atoms with Crippen LogP contribution in [0.2, 0.25) is 0 Å². The van der Waals surface area contributed by atoms with Gasteiger partial charge in [-0.15, -0.1) is 0 Å². The summed E-state index contributed by atoms with van der Waals surface area (Å²) in [7, 11) is 1.88. The quantitative estimate of drug-likeness (QED) is 0.236. The molecule has 0 saturated carbocycles. The minimum atomic E-state index is -0.160. The first-order valence-corrected chi connectivity index (χ1v) is 11.0. The monoisotopic (exact) mass is 469 g/mol. The van der Waals surface area contributed by atoms with Crippen molar-refractivity contribution < 1.29 is 14.3 Å². The molecule has 10 heteroatoms. The summed E-state index contributed by atoms with van der Waals surface area (Å²) in [6.45, 7) is 2.60. The number of aryl methyl sites for hydroxylation is 1. The Hall–Kier alpha value is -4.73. The van der Waals surface area contributed by atoms with Crippen LogP contribution < -0.4 is 20.3 Å². The molecule has 0 amide bonds. The van der Waals surface area contributed by atoms with E-state index in [1.807, 2.05) is 48.3 Å². The van der Waals surface area contributed by atoms with E-state index in [4.69, 9.17) is 4.74 Å². The van der Waals surface area contributed by atoms with Gasteiger partial charge in [0.2, 0.25) is 5.95 Å². The Bertz CT molecular complexity index is 1460. The van der Waals surface area contributed by atoms with Crippen molar-refractivity contribution in [3.05, 3.63) is 66.6 Å². The summed E-state index contributed by atoms with van der Waals surface area (Å²) in [6.07, 6.45) is 7.19. The molecule has 0 spiro atoms. The Morgan fingerprint density at radius 2 is 1.94 bits per heavy atom. The van der Waals surface area contributed by atoms with Gasteiger partial charge in [-0.2, -0.15) is 10.1 Å². The van der Waals surface area contributed by atoms with Gasteiger partial charge < -0.3 is 20.3 Å². The third-order valence-electron chi connectivity index (χ3n) is 5.64. The zero-order valence-corrected chi connectivity index (χ0v) is 19.2. The number of aromatic nitrogens is 4. The molecule has 2 aromatic carbocycles. The van der Waals surface area contributed by atoms with E-state index in [0.29, 0.717) is 41.9 Å². The highest BCUT2D eigenvalue weighted by Crippen LogP contribution is 2.35. The highest BCUT2D eigenvalue weighted by atomic mass is 16.5. The van der Waals surface area contributed by atoms with Gasteiger partial charge in [-0.05, 0) is 49.4 Å². The lowest BCUT2D eigenvalue weighted by Gasteiger charge is -2.28. The first kappa shape index (κ1) is 22.1. The number of allylic oxidation sites excluding steroid dienone is 1. The zero-order valence-electron chi connectivity index (χ0n) is 19.2. The van der Waals surface area contributed by atoms with Gasteiger partial charge in [-0.1, -0.05) is 0 Å². The van der Waals surface area contributed by atoms with Crippen LogP contribution in [0.1, 0.15) is 17.3 Å². The van der Waals surface area contributed by atoms with Gasteiger partial charge in [0, 0.05) is 36.2 Å². The number of fused-ring (bicyclic) bond motifs is 2. The van der Waals surface area contributed by atoms with Gasteiger partial charge in [0.05, 0.1) is 29.5 Å². The van der Waals surface area contributed by atoms with Gasteiger partial charge in [-0.25, -0.2) is 4.98 Å². The minimum absolute atomic E-state index is 0.160. The lowest BCUT2D eigenvalue weighted by atomic mass is 10.2. The first-order chi connectivity index (χ1) is 17.0. The topological polar surface area (TPSA) is 114 Å². The number of carbonyl (C=O) groups excluding carboxylic acids is 2. The number of nitrogens with zero attached hydrogens (tertiary/aromatic N) is 5. The number of anilines is 5. The summed E-state index contributed by atoms with van der Waals surface area (Å²) in [5.41, 5.74) is 3.65. The average Bonchev–Trinajstić information content (AvgIpc) is 3.22. The highest BCUT2D eigenvalue weighted by molar-refractivity contribution is 5.99. The number of Topliss-reactive ketones (excluding diaryl/α,β-unsaturated/α-hetero) is 1. The Morgan fingerprint density at radius 3 is 2.77 bits per heavy atom. The highest BCUT2D eigenvalue weighted by Gasteiger charge is 2.18. The molecule has 5 rings (SSSR count). The second-order valence-electron chi connectivity index (χ2n) is 8.01. The third-order valence-corrected chi connectivity index (χ3v) is 5.64. The van der Waals surface area contributed by atoms with E-state index in [0.717, 1.165) is 28.6 Å². The normalized spacial score (nSPS) is 12.9. The Morgan fingerprint density at radius 1 is 1.11 bits per heavy atom.